The van der Waals surface area contributed by atoms with Gasteiger partial charge in [0.2, 0.25) is 0 Å². The number of anilines is 1. The maximum atomic E-state index is 5.99. The van der Waals surface area contributed by atoms with E-state index in [2.05, 4.69) is 24.1 Å². The molecule has 0 aliphatic heterocycles. The summed E-state index contributed by atoms with van der Waals surface area (Å²) in [5, 5.41) is 5.29. The van der Waals surface area contributed by atoms with Gasteiger partial charge in [0.25, 0.3) is 0 Å². The van der Waals surface area contributed by atoms with Gasteiger partial charge in [0.05, 0.1) is 10.2 Å². The number of thiazole rings is 1. The zero-order valence-electron chi connectivity index (χ0n) is 10.7. The Hall–Kier alpha value is -0.800. The maximum absolute atomic E-state index is 5.99. The van der Waals surface area contributed by atoms with Crippen LogP contribution in [0.4, 0.5) is 5.13 Å². The summed E-state index contributed by atoms with van der Waals surface area (Å²) in [7, 11) is 0. The van der Waals surface area contributed by atoms with Crippen LogP contribution in [-0.2, 0) is 0 Å². The monoisotopic (exact) mass is 280 g/mol. The van der Waals surface area contributed by atoms with Crippen LogP contribution < -0.4 is 5.32 Å². The van der Waals surface area contributed by atoms with Gasteiger partial charge in [0.1, 0.15) is 0 Å². The van der Waals surface area contributed by atoms with Crippen LogP contribution in [0.5, 0.6) is 0 Å². The Bertz CT molecular complexity index is 572. The van der Waals surface area contributed by atoms with Crippen molar-refractivity contribution >= 4 is 38.3 Å². The second-order valence-corrected chi connectivity index (χ2v) is 6.97. The topological polar surface area (TPSA) is 24.9 Å². The minimum Gasteiger partial charge on any atom is -0.361 e. The predicted octanol–water partition coefficient (Wildman–Crippen LogP) is 4.80. The molecule has 1 aromatic carbocycles. The van der Waals surface area contributed by atoms with Gasteiger partial charge in [-0.25, -0.2) is 4.98 Å². The highest BCUT2D eigenvalue weighted by atomic mass is 35.5. The van der Waals surface area contributed by atoms with Crippen LogP contribution in [0.1, 0.15) is 26.7 Å². The van der Waals surface area contributed by atoms with Crippen molar-refractivity contribution in [1.82, 2.24) is 4.98 Å². The molecule has 1 N–H and O–H groups in total. The number of nitrogens with zero attached hydrogens (tertiary/aromatic N) is 1. The van der Waals surface area contributed by atoms with Crippen LogP contribution >= 0.6 is 22.9 Å². The lowest BCUT2D eigenvalue weighted by atomic mass is 9.92. The number of hydrogen-bond donors (Lipinski definition) is 1. The molecule has 0 bridgehead atoms. The van der Waals surface area contributed by atoms with E-state index in [4.69, 9.17) is 11.6 Å². The van der Waals surface area contributed by atoms with Gasteiger partial charge in [-0.1, -0.05) is 36.8 Å². The quantitative estimate of drug-likeness (QED) is 0.870. The molecule has 0 atom stereocenters. The summed E-state index contributed by atoms with van der Waals surface area (Å²) in [4.78, 5) is 4.59. The van der Waals surface area contributed by atoms with Crippen LogP contribution in [0.15, 0.2) is 18.2 Å². The highest BCUT2D eigenvalue weighted by Gasteiger charge is 2.45. The number of nitrogens with one attached hydrogen (secondary N) is 1. The number of halogens is 1. The summed E-state index contributed by atoms with van der Waals surface area (Å²) in [6.07, 6.45) is 2.68. The van der Waals surface area contributed by atoms with Gasteiger partial charge >= 0.3 is 0 Å². The van der Waals surface area contributed by atoms with Crippen molar-refractivity contribution in [2.75, 3.05) is 11.9 Å². The molecule has 2 nitrogen and oxygen atoms in total. The van der Waals surface area contributed by atoms with E-state index in [0.717, 1.165) is 32.8 Å². The van der Waals surface area contributed by atoms with Crippen LogP contribution in [-0.4, -0.2) is 11.5 Å². The molecule has 0 radical (unpaired) electrons. The van der Waals surface area contributed by atoms with E-state index in [1.54, 1.807) is 11.3 Å². The van der Waals surface area contributed by atoms with Crippen molar-refractivity contribution in [2.24, 2.45) is 11.3 Å². The highest BCUT2D eigenvalue weighted by Crippen LogP contribution is 2.51. The molecule has 1 aliphatic carbocycles. The number of rotatable bonds is 4. The Morgan fingerprint density at radius 3 is 2.89 bits per heavy atom. The third-order valence-corrected chi connectivity index (χ3v) is 5.27. The first kappa shape index (κ1) is 12.2. The van der Waals surface area contributed by atoms with E-state index < -0.39 is 0 Å². The molecule has 1 fully saturated rings. The summed E-state index contributed by atoms with van der Waals surface area (Å²) in [6, 6.07) is 5.85. The van der Waals surface area contributed by atoms with Crippen LogP contribution in [0.3, 0.4) is 0 Å². The van der Waals surface area contributed by atoms with Crippen LogP contribution in [0.25, 0.3) is 10.2 Å². The zero-order chi connectivity index (χ0) is 12.8. The molecule has 96 valence electrons. The first-order valence-corrected chi connectivity index (χ1v) is 7.58. The van der Waals surface area contributed by atoms with Crippen molar-refractivity contribution in [3.8, 4) is 0 Å². The van der Waals surface area contributed by atoms with Gasteiger partial charge in [-0.05, 0) is 42.4 Å². The molecule has 3 rings (SSSR count). The molecule has 0 amide bonds. The van der Waals surface area contributed by atoms with E-state index in [-0.39, 0.29) is 0 Å². The summed E-state index contributed by atoms with van der Waals surface area (Å²) in [5.74, 6) is 0.744. The Morgan fingerprint density at radius 1 is 1.44 bits per heavy atom. The lowest BCUT2D eigenvalue weighted by molar-refractivity contribution is 0.380. The Balaban J connectivity index is 1.75. The number of fused-ring (bicyclic) bond motifs is 1. The largest absolute Gasteiger partial charge is 0.361 e. The normalized spacial score (nSPS) is 17.3. The molecular weight excluding hydrogens is 264 g/mol. The third-order valence-electron chi connectivity index (χ3n) is 4.06. The number of hydrogen-bond acceptors (Lipinski definition) is 3. The SMILES string of the molecule is CC(C)C1(CNc2nc3ccc(Cl)cc3s2)CC1. The molecule has 1 aromatic heterocycles. The van der Waals surface area contributed by atoms with Gasteiger partial charge in [-0.15, -0.1) is 0 Å². The van der Waals surface area contributed by atoms with Crippen LogP contribution in [0, 0.1) is 11.3 Å². The van der Waals surface area contributed by atoms with Crippen molar-refractivity contribution in [1.29, 1.82) is 0 Å². The van der Waals surface area contributed by atoms with Gasteiger partial charge in [0.15, 0.2) is 5.13 Å². The molecular formula is C14H17ClN2S. The summed E-state index contributed by atoms with van der Waals surface area (Å²) < 4.78 is 1.15. The van der Waals surface area contributed by atoms with E-state index >= 15 is 0 Å². The summed E-state index contributed by atoms with van der Waals surface area (Å²) in [6.45, 7) is 5.66. The molecule has 1 heterocycles. The van der Waals surface area contributed by atoms with Crippen molar-refractivity contribution in [3.05, 3.63) is 23.2 Å². The Morgan fingerprint density at radius 2 is 2.22 bits per heavy atom. The molecule has 0 unspecified atom stereocenters. The fourth-order valence-corrected chi connectivity index (χ4v) is 3.48. The molecule has 18 heavy (non-hydrogen) atoms. The molecule has 2 aromatic rings. The van der Waals surface area contributed by atoms with Gasteiger partial charge in [-0.2, -0.15) is 0 Å². The van der Waals surface area contributed by atoms with E-state index in [1.165, 1.54) is 12.8 Å². The van der Waals surface area contributed by atoms with Crippen molar-refractivity contribution < 1.29 is 0 Å². The minimum absolute atomic E-state index is 0.509. The Kier molecular flexibility index (Phi) is 2.99. The standard InChI is InChI=1S/C14H17ClN2S/c1-9(2)14(5-6-14)8-16-13-17-11-4-3-10(15)7-12(11)18-13/h3-4,7,9H,5-6,8H2,1-2H3,(H,16,17). The zero-order valence-corrected chi connectivity index (χ0v) is 12.2. The number of aromatic nitrogens is 1. The maximum Gasteiger partial charge on any atom is 0.183 e. The average molecular weight is 281 g/mol. The first-order valence-electron chi connectivity index (χ1n) is 6.39. The smallest absolute Gasteiger partial charge is 0.183 e. The molecule has 0 saturated heterocycles. The van der Waals surface area contributed by atoms with Crippen molar-refractivity contribution in [2.45, 2.75) is 26.7 Å². The van der Waals surface area contributed by atoms with E-state index in [1.807, 2.05) is 18.2 Å². The van der Waals surface area contributed by atoms with Gasteiger partial charge < -0.3 is 5.32 Å². The lowest BCUT2D eigenvalue weighted by Crippen LogP contribution is -2.20. The second-order valence-electron chi connectivity index (χ2n) is 5.50. The fourth-order valence-electron chi connectivity index (χ4n) is 2.34. The molecule has 4 heteroatoms. The predicted molar refractivity (Wildman–Crippen MR) is 79.6 cm³/mol. The van der Waals surface area contributed by atoms with Gasteiger partial charge in [0, 0.05) is 11.6 Å². The fraction of sp³-hybridized carbons (Fsp3) is 0.500. The lowest BCUT2D eigenvalue weighted by Gasteiger charge is -2.19. The average Bonchev–Trinajstić information content (AvgIpc) is 3.02. The third kappa shape index (κ3) is 2.21. The minimum atomic E-state index is 0.509. The van der Waals surface area contributed by atoms with E-state index in [0.29, 0.717) is 5.41 Å². The van der Waals surface area contributed by atoms with Gasteiger partial charge in [-0.3, -0.25) is 0 Å². The highest BCUT2D eigenvalue weighted by molar-refractivity contribution is 7.22. The van der Waals surface area contributed by atoms with Crippen LogP contribution in [0.2, 0.25) is 5.02 Å². The molecule has 0 spiro atoms. The molecule has 1 saturated carbocycles. The summed E-state index contributed by atoms with van der Waals surface area (Å²) in [5.41, 5.74) is 1.54. The summed E-state index contributed by atoms with van der Waals surface area (Å²) >= 11 is 7.67. The Labute approximate surface area is 116 Å². The second kappa shape index (κ2) is 4.39. The van der Waals surface area contributed by atoms with E-state index in [9.17, 15) is 0 Å². The number of benzene rings is 1. The van der Waals surface area contributed by atoms with Crippen molar-refractivity contribution in [3.63, 3.8) is 0 Å². The molecule has 1 aliphatic rings. The first-order chi connectivity index (χ1) is 8.59.